The maximum absolute atomic E-state index is 13.0. The number of nitrogens with zero attached hydrogens (tertiary/aromatic N) is 5. The molecule has 1 saturated heterocycles. The lowest BCUT2D eigenvalue weighted by molar-refractivity contribution is 0.383. The molecule has 1 aliphatic heterocycles. The molecule has 1 aliphatic rings. The maximum atomic E-state index is 13.0. The van der Waals surface area contributed by atoms with E-state index >= 15 is 0 Å². The fraction of sp³-hybridized carbons (Fsp3) is 0.286. The molecule has 0 atom stereocenters. The second kappa shape index (κ2) is 7.47. The first-order valence-corrected chi connectivity index (χ1v) is 11.5. The van der Waals surface area contributed by atoms with Crippen molar-refractivity contribution in [2.75, 3.05) is 31.1 Å². The van der Waals surface area contributed by atoms with Gasteiger partial charge in [0.25, 0.3) is 5.56 Å². The molecule has 1 fully saturated rings. The standard InChI is InChI=1S/C21H21N5O4S/c1-24-14-22-18-12-15(6-7-17(18)21(24)27)25-8-10-26(11-9-25)31(28,29)13-19-16-4-2-3-5-20(16)30-23-19/h2-7,12,14H,8-11,13H2,1H3. The number of hydrogen-bond acceptors (Lipinski definition) is 7. The SMILES string of the molecule is Cn1cnc2cc(N3CCN(S(=O)(=O)Cc4noc5ccccc45)CC3)ccc2c1=O. The number of sulfonamides is 1. The van der Waals surface area contributed by atoms with Crippen molar-refractivity contribution >= 4 is 37.6 Å². The molecule has 0 saturated carbocycles. The van der Waals surface area contributed by atoms with Gasteiger partial charge in [-0.1, -0.05) is 17.3 Å². The van der Waals surface area contributed by atoms with Gasteiger partial charge in [0.2, 0.25) is 10.0 Å². The number of fused-ring (bicyclic) bond motifs is 2. The van der Waals surface area contributed by atoms with Crippen LogP contribution in [0.4, 0.5) is 5.69 Å². The van der Waals surface area contributed by atoms with Gasteiger partial charge < -0.3 is 14.0 Å². The van der Waals surface area contributed by atoms with Gasteiger partial charge >= 0.3 is 0 Å². The molecule has 0 spiro atoms. The Morgan fingerprint density at radius 2 is 1.81 bits per heavy atom. The first-order valence-electron chi connectivity index (χ1n) is 9.94. The van der Waals surface area contributed by atoms with Crippen LogP contribution in [0.1, 0.15) is 5.69 Å². The smallest absolute Gasteiger partial charge is 0.260 e. The molecule has 0 radical (unpaired) electrons. The van der Waals surface area contributed by atoms with Gasteiger partial charge in [-0.3, -0.25) is 4.79 Å². The quantitative estimate of drug-likeness (QED) is 0.477. The zero-order valence-electron chi connectivity index (χ0n) is 16.9. The van der Waals surface area contributed by atoms with Crippen LogP contribution in [0, 0.1) is 0 Å². The number of anilines is 1. The van der Waals surface area contributed by atoms with Crippen LogP contribution in [0.25, 0.3) is 21.9 Å². The van der Waals surface area contributed by atoms with Gasteiger partial charge in [0.1, 0.15) is 11.4 Å². The van der Waals surface area contributed by atoms with Crippen LogP contribution < -0.4 is 10.5 Å². The molecule has 9 nitrogen and oxygen atoms in total. The van der Waals surface area contributed by atoms with Crippen LogP contribution in [0.3, 0.4) is 0 Å². The summed E-state index contributed by atoms with van der Waals surface area (Å²) in [5.74, 6) is -0.187. The molecule has 31 heavy (non-hydrogen) atoms. The normalized spacial score (nSPS) is 15.7. The van der Waals surface area contributed by atoms with E-state index in [1.165, 1.54) is 15.2 Å². The van der Waals surface area contributed by atoms with E-state index < -0.39 is 10.0 Å². The van der Waals surface area contributed by atoms with Crippen LogP contribution in [0.2, 0.25) is 0 Å². The van der Waals surface area contributed by atoms with Gasteiger partial charge in [0.05, 0.1) is 17.2 Å². The van der Waals surface area contributed by atoms with Crippen molar-refractivity contribution in [3.05, 3.63) is 64.8 Å². The molecule has 10 heteroatoms. The lowest BCUT2D eigenvalue weighted by Gasteiger charge is -2.35. The Bertz CT molecular complexity index is 1440. The Morgan fingerprint density at radius 1 is 1.03 bits per heavy atom. The number of rotatable bonds is 4. The fourth-order valence-corrected chi connectivity index (χ4v) is 5.38. The number of benzene rings is 2. The Morgan fingerprint density at radius 3 is 2.61 bits per heavy atom. The molecular formula is C21H21N5O4S. The van der Waals surface area contributed by atoms with Crippen LogP contribution in [-0.4, -0.2) is 53.6 Å². The first kappa shape index (κ1) is 19.7. The van der Waals surface area contributed by atoms with E-state index in [0.717, 1.165) is 11.1 Å². The predicted molar refractivity (Wildman–Crippen MR) is 117 cm³/mol. The molecular weight excluding hydrogens is 418 g/mol. The first-order chi connectivity index (χ1) is 14.9. The summed E-state index contributed by atoms with van der Waals surface area (Å²) in [4.78, 5) is 18.6. The highest BCUT2D eigenvalue weighted by Crippen LogP contribution is 2.24. The van der Waals surface area contributed by atoms with E-state index in [1.807, 2.05) is 30.3 Å². The Labute approximate surface area is 178 Å². The third kappa shape index (κ3) is 3.57. The van der Waals surface area contributed by atoms with Gasteiger partial charge in [-0.25, -0.2) is 13.4 Å². The monoisotopic (exact) mass is 439 g/mol. The maximum Gasteiger partial charge on any atom is 0.260 e. The average Bonchev–Trinajstić information content (AvgIpc) is 3.18. The predicted octanol–water partition coefficient (Wildman–Crippen LogP) is 1.73. The topological polar surface area (TPSA) is 102 Å². The van der Waals surface area contributed by atoms with E-state index in [1.54, 1.807) is 19.2 Å². The molecule has 2 aromatic heterocycles. The highest BCUT2D eigenvalue weighted by molar-refractivity contribution is 7.88. The second-order valence-corrected chi connectivity index (χ2v) is 9.60. The van der Waals surface area contributed by atoms with Crippen molar-refractivity contribution in [3.8, 4) is 0 Å². The number of piperazine rings is 1. The number of aryl methyl sites for hydroxylation is 1. The van der Waals surface area contributed by atoms with E-state index in [4.69, 9.17) is 4.52 Å². The minimum Gasteiger partial charge on any atom is -0.369 e. The van der Waals surface area contributed by atoms with Crippen molar-refractivity contribution in [2.45, 2.75) is 5.75 Å². The molecule has 0 bridgehead atoms. The number of para-hydroxylation sites is 1. The van der Waals surface area contributed by atoms with Gasteiger partial charge in [-0.05, 0) is 30.3 Å². The van der Waals surface area contributed by atoms with Crippen LogP contribution in [0.5, 0.6) is 0 Å². The summed E-state index contributed by atoms with van der Waals surface area (Å²) in [6.45, 7) is 1.85. The zero-order valence-corrected chi connectivity index (χ0v) is 17.7. The van der Waals surface area contributed by atoms with Crippen LogP contribution in [0.15, 0.2) is 58.1 Å². The van der Waals surface area contributed by atoms with Crippen LogP contribution in [-0.2, 0) is 22.8 Å². The van der Waals surface area contributed by atoms with Crippen LogP contribution >= 0.6 is 0 Å². The van der Waals surface area contributed by atoms with Crippen molar-refractivity contribution in [1.29, 1.82) is 0 Å². The van der Waals surface area contributed by atoms with E-state index in [-0.39, 0.29) is 11.3 Å². The molecule has 0 amide bonds. The van der Waals surface area contributed by atoms with E-state index in [2.05, 4.69) is 15.0 Å². The number of hydrogen-bond donors (Lipinski definition) is 0. The Hall–Kier alpha value is -3.24. The second-order valence-electron chi connectivity index (χ2n) is 7.63. The fourth-order valence-electron chi connectivity index (χ4n) is 3.93. The highest BCUT2D eigenvalue weighted by atomic mass is 32.2. The average molecular weight is 439 g/mol. The van der Waals surface area contributed by atoms with Gasteiger partial charge in [-0.2, -0.15) is 4.31 Å². The highest BCUT2D eigenvalue weighted by Gasteiger charge is 2.29. The minimum absolute atomic E-state index is 0.0900. The Kier molecular flexibility index (Phi) is 4.75. The molecule has 0 unspecified atom stereocenters. The van der Waals surface area contributed by atoms with Gasteiger partial charge in [0.15, 0.2) is 5.58 Å². The van der Waals surface area contributed by atoms with E-state index in [9.17, 15) is 13.2 Å². The van der Waals surface area contributed by atoms with Crippen molar-refractivity contribution in [1.82, 2.24) is 19.0 Å². The van der Waals surface area contributed by atoms with Gasteiger partial charge in [-0.15, -0.1) is 0 Å². The third-order valence-corrected chi connectivity index (χ3v) is 7.46. The lowest BCUT2D eigenvalue weighted by atomic mass is 10.2. The molecule has 4 aromatic rings. The molecule has 2 aromatic carbocycles. The molecule has 0 aliphatic carbocycles. The van der Waals surface area contributed by atoms with Crippen molar-refractivity contribution in [3.63, 3.8) is 0 Å². The number of aromatic nitrogens is 3. The summed E-state index contributed by atoms with van der Waals surface area (Å²) in [6, 6.07) is 12.8. The summed E-state index contributed by atoms with van der Waals surface area (Å²) < 4.78 is 34.1. The zero-order chi connectivity index (χ0) is 21.6. The largest absolute Gasteiger partial charge is 0.369 e. The molecule has 0 N–H and O–H groups in total. The summed E-state index contributed by atoms with van der Waals surface area (Å²) in [6.07, 6.45) is 1.51. The minimum atomic E-state index is -3.52. The summed E-state index contributed by atoms with van der Waals surface area (Å²) >= 11 is 0. The van der Waals surface area contributed by atoms with Gasteiger partial charge in [0, 0.05) is 44.3 Å². The summed E-state index contributed by atoms with van der Waals surface area (Å²) in [5.41, 5.74) is 2.48. The lowest BCUT2D eigenvalue weighted by Crippen LogP contribution is -2.49. The third-order valence-electron chi connectivity index (χ3n) is 5.67. The van der Waals surface area contributed by atoms with E-state index in [0.29, 0.717) is 48.4 Å². The summed E-state index contributed by atoms with van der Waals surface area (Å²) in [5, 5.41) is 5.24. The van der Waals surface area contributed by atoms with Crippen molar-refractivity contribution < 1.29 is 12.9 Å². The Balaban J connectivity index is 1.31. The summed E-state index contributed by atoms with van der Waals surface area (Å²) in [7, 11) is -1.85. The molecule has 3 heterocycles. The molecule has 160 valence electrons. The molecule has 5 rings (SSSR count). The van der Waals surface area contributed by atoms with Crippen molar-refractivity contribution in [2.24, 2.45) is 7.05 Å².